The number of fused-ring (bicyclic) bond motifs is 1. The van der Waals surface area contributed by atoms with E-state index in [1.54, 1.807) is 0 Å². The number of hydrogen-bond donors (Lipinski definition) is 0. The second-order valence-corrected chi connectivity index (χ2v) is 7.60. The summed E-state index contributed by atoms with van der Waals surface area (Å²) in [6.45, 7) is 4.18. The first-order valence-electron chi connectivity index (χ1n) is 8.89. The Labute approximate surface area is 139 Å². The van der Waals surface area contributed by atoms with Crippen molar-refractivity contribution in [2.75, 3.05) is 40.3 Å². The van der Waals surface area contributed by atoms with Gasteiger partial charge in [-0.15, -0.1) is 0 Å². The Morgan fingerprint density at radius 2 is 1.83 bits per heavy atom. The van der Waals surface area contributed by atoms with Crippen molar-refractivity contribution in [3.63, 3.8) is 0 Å². The van der Waals surface area contributed by atoms with Gasteiger partial charge in [-0.3, -0.25) is 9.69 Å². The zero-order valence-corrected chi connectivity index (χ0v) is 14.2. The number of rotatable bonds is 2. The highest BCUT2D eigenvalue weighted by atomic mass is 16.2. The number of nitrogens with zero attached hydrogens (tertiary/aromatic N) is 3. The van der Waals surface area contributed by atoms with Crippen molar-refractivity contribution in [3.05, 3.63) is 35.9 Å². The van der Waals surface area contributed by atoms with Gasteiger partial charge in [0.15, 0.2) is 0 Å². The molecule has 0 bridgehead atoms. The maximum absolute atomic E-state index is 13.3. The molecule has 1 aromatic rings. The molecular weight excluding hydrogens is 286 g/mol. The third-order valence-electron chi connectivity index (χ3n) is 6.12. The topological polar surface area (TPSA) is 26.8 Å². The van der Waals surface area contributed by atoms with Crippen LogP contribution in [0.5, 0.6) is 0 Å². The van der Waals surface area contributed by atoms with E-state index in [-0.39, 0.29) is 12.0 Å². The third kappa shape index (κ3) is 2.58. The van der Waals surface area contributed by atoms with Crippen LogP contribution in [0.25, 0.3) is 0 Å². The number of benzene rings is 1. The fourth-order valence-corrected chi connectivity index (χ4v) is 5.00. The molecule has 0 saturated carbocycles. The minimum atomic E-state index is 0.118. The maximum Gasteiger partial charge on any atom is 0.227 e. The van der Waals surface area contributed by atoms with Crippen LogP contribution in [0, 0.1) is 11.8 Å². The zero-order chi connectivity index (χ0) is 16.0. The Morgan fingerprint density at radius 1 is 1.04 bits per heavy atom. The lowest BCUT2D eigenvalue weighted by atomic mass is 9.92. The smallest absolute Gasteiger partial charge is 0.227 e. The molecule has 1 amide bonds. The molecule has 3 aliphatic heterocycles. The number of likely N-dealkylation sites (tertiary alicyclic amines) is 3. The lowest BCUT2D eigenvalue weighted by molar-refractivity contribution is -0.137. The molecule has 0 aliphatic carbocycles. The minimum Gasteiger partial charge on any atom is -0.338 e. The van der Waals surface area contributed by atoms with Crippen LogP contribution in [0.3, 0.4) is 0 Å². The Kier molecular flexibility index (Phi) is 3.90. The number of amides is 1. The van der Waals surface area contributed by atoms with Gasteiger partial charge in [0.1, 0.15) is 0 Å². The van der Waals surface area contributed by atoms with Crippen LogP contribution in [0.1, 0.15) is 24.4 Å². The predicted octanol–water partition coefficient (Wildman–Crippen LogP) is 1.84. The van der Waals surface area contributed by atoms with Crippen LogP contribution in [0.2, 0.25) is 0 Å². The monoisotopic (exact) mass is 313 g/mol. The molecule has 1 aromatic carbocycles. The van der Waals surface area contributed by atoms with Crippen molar-refractivity contribution in [1.82, 2.24) is 14.7 Å². The lowest BCUT2D eigenvalue weighted by Crippen LogP contribution is -2.43. The van der Waals surface area contributed by atoms with Gasteiger partial charge in [-0.25, -0.2) is 0 Å². The number of likely N-dealkylation sites (N-methyl/N-ethyl adjacent to an activating group) is 1. The van der Waals surface area contributed by atoms with Crippen molar-refractivity contribution in [3.8, 4) is 0 Å². The maximum atomic E-state index is 13.3. The van der Waals surface area contributed by atoms with E-state index in [1.165, 1.54) is 12.0 Å². The first kappa shape index (κ1) is 15.2. The summed E-state index contributed by atoms with van der Waals surface area (Å²) in [6.07, 6.45) is 2.16. The molecule has 4 heteroatoms. The molecule has 3 saturated heterocycles. The third-order valence-corrected chi connectivity index (χ3v) is 6.12. The standard InChI is InChI=1S/C19H27N3O/c1-20-12-15-8-11-22(17(15)13-20)19(23)16-9-10-21(2)18(16)14-6-4-3-5-7-14/h3-7,15-18H,8-13H2,1-2H3/t15-,16+,17+,18+/m0/s1. The second kappa shape index (κ2) is 5.91. The Bertz CT molecular complexity index is 575. The van der Waals surface area contributed by atoms with E-state index in [0.717, 1.165) is 32.6 Å². The minimum absolute atomic E-state index is 0.118. The molecule has 0 spiro atoms. The molecule has 124 valence electrons. The fourth-order valence-electron chi connectivity index (χ4n) is 5.00. The van der Waals surface area contributed by atoms with Gasteiger partial charge >= 0.3 is 0 Å². The number of carbonyl (C=O) groups excluding carboxylic acids is 1. The van der Waals surface area contributed by atoms with Crippen LogP contribution < -0.4 is 0 Å². The van der Waals surface area contributed by atoms with Crippen LogP contribution in [-0.4, -0.2) is 66.9 Å². The van der Waals surface area contributed by atoms with Gasteiger partial charge in [-0.2, -0.15) is 0 Å². The summed E-state index contributed by atoms with van der Waals surface area (Å²) in [4.78, 5) is 20.3. The van der Waals surface area contributed by atoms with E-state index in [0.29, 0.717) is 17.9 Å². The van der Waals surface area contributed by atoms with Crippen LogP contribution in [-0.2, 0) is 4.79 Å². The quantitative estimate of drug-likeness (QED) is 0.833. The van der Waals surface area contributed by atoms with Crippen LogP contribution in [0.4, 0.5) is 0 Å². The highest BCUT2D eigenvalue weighted by molar-refractivity contribution is 5.81. The molecule has 0 radical (unpaired) electrons. The average molecular weight is 313 g/mol. The summed E-state index contributed by atoms with van der Waals surface area (Å²) in [5.41, 5.74) is 1.28. The van der Waals surface area contributed by atoms with E-state index in [9.17, 15) is 4.79 Å². The summed E-state index contributed by atoms with van der Waals surface area (Å²) < 4.78 is 0. The van der Waals surface area contributed by atoms with E-state index < -0.39 is 0 Å². The Hall–Kier alpha value is -1.39. The number of hydrogen-bond acceptors (Lipinski definition) is 3. The normalized spacial score (nSPS) is 35.0. The summed E-state index contributed by atoms with van der Waals surface area (Å²) in [5, 5.41) is 0. The SMILES string of the molecule is CN1C[C@@H]2CCN(C(=O)[C@@H]3CCN(C)[C@@H]3c3ccccc3)[C@@H]2C1. The van der Waals surface area contributed by atoms with Gasteiger partial charge < -0.3 is 9.80 Å². The van der Waals surface area contributed by atoms with Crippen molar-refractivity contribution in [2.24, 2.45) is 11.8 Å². The second-order valence-electron chi connectivity index (χ2n) is 7.60. The van der Waals surface area contributed by atoms with Crippen molar-refractivity contribution in [1.29, 1.82) is 0 Å². The highest BCUT2D eigenvalue weighted by Gasteiger charge is 2.47. The van der Waals surface area contributed by atoms with Crippen molar-refractivity contribution in [2.45, 2.75) is 24.9 Å². The van der Waals surface area contributed by atoms with Gasteiger partial charge in [0, 0.05) is 31.7 Å². The van der Waals surface area contributed by atoms with Gasteiger partial charge in [0.25, 0.3) is 0 Å². The summed E-state index contributed by atoms with van der Waals surface area (Å²) in [6, 6.07) is 11.2. The van der Waals surface area contributed by atoms with E-state index in [1.807, 2.05) is 0 Å². The molecule has 23 heavy (non-hydrogen) atoms. The number of carbonyl (C=O) groups is 1. The molecule has 3 fully saturated rings. The fraction of sp³-hybridized carbons (Fsp3) is 0.632. The van der Waals surface area contributed by atoms with Gasteiger partial charge in [0.05, 0.1) is 5.92 Å². The first-order valence-corrected chi connectivity index (χ1v) is 8.89. The molecule has 4 rings (SSSR count). The molecule has 3 heterocycles. The van der Waals surface area contributed by atoms with Crippen molar-refractivity contribution >= 4 is 5.91 Å². The van der Waals surface area contributed by atoms with Gasteiger partial charge in [0.2, 0.25) is 5.91 Å². The highest BCUT2D eigenvalue weighted by Crippen LogP contribution is 2.40. The van der Waals surface area contributed by atoms with Crippen LogP contribution in [0.15, 0.2) is 30.3 Å². The molecule has 0 aromatic heterocycles. The molecule has 0 unspecified atom stereocenters. The Balaban J connectivity index is 1.56. The van der Waals surface area contributed by atoms with E-state index >= 15 is 0 Å². The molecule has 4 nitrogen and oxygen atoms in total. The largest absolute Gasteiger partial charge is 0.338 e. The molecule has 0 N–H and O–H groups in total. The zero-order valence-electron chi connectivity index (χ0n) is 14.2. The molecule has 4 atom stereocenters. The first-order chi connectivity index (χ1) is 11.1. The van der Waals surface area contributed by atoms with Gasteiger partial charge in [-0.05, 0) is 45.0 Å². The summed E-state index contributed by atoms with van der Waals surface area (Å²) in [5.74, 6) is 1.20. The Morgan fingerprint density at radius 3 is 2.61 bits per heavy atom. The predicted molar refractivity (Wildman–Crippen MR) is 91.0 cm³/mol. The van der Waals surface area contributed by atoms with Crippen LogP contribution >= 0.6 is 0 Å². The summed E-state index contributed by atoms with van der Waals surface area (Å²) in [7, 11) is 4.33. The average Bonchev–Trinajstić information content (AvgIpc) is 3.21. The van der Waals surface area contributed by atoms with Crippen molar-refractivity contribution < 1.29 is 4.79 Å². The summed E-state index contributed by atoms with van der Waals surface area (Å²) >= 11 is 0. The molecule has 3 aliphatic rings. The van der Waals surface area contributed by atoms with Gasteiger partial charge in [-0.1, -0.05) is 30.3 Å². The lowest BCUT2D eigenvalue weighted by Gasteiger charge is -2.31. The van der Waals surface area contributed by atoms with E-state index in [2.05, 4.69) is 59.1 Å². The molecular formula is C19H27N3O. The van der Waals surface area contributed by atoms with E-state index in [4.69, 9.17) is 0 Å².